The van der Waals surface area contributed by atoms with Gasteiger partial charge in [0, 0.05) is 39.3 Å². The summed E-state index contributed by atoms with van der Waals surface area (Å²) in [5.41, 5.74) is 0.151. The molecule has 0 aliphatic carbocycles. The van der Waals surface area contributed by atoms with E-state index in [2.05, 4.69) is 10.2 Å². The third kappa shape index (κ3) is 2.04. The molecular weight excluding hydrogens is 192 g/mol. The van der Waals surface area contributed by atoms with E-state index in [-0.39, 0.29) is 5.60 Å². The average molecular weight is 212 g/mol. The molecule has 0 aromatic carbocycles. The molecule has 0 saturated carbocycles. The van der Waals surface area contributed by atoms with Crippen LogP contribution in [0.3, 0.4) is 0 Å². The first-order valence-electron chi connectivity index (χ1n) is 6.01. The van der Waals surface area contributed by atoms with Crippen molar-refractivity contribution in [3.8, 4) is 0 Å². The van der Waals surface area contributed by atoms with E-state index in [1.807, 2.05) is 0 Å². The molecule has 4 nitrogen and oxygen atoms in total. The van der Waals surface area contributed by atoms with Crippen LogP contribution in [-0.4, -0.2) is 63.0 Å². The van der Waals surface area contributed by atoms with Crippen LogP contribution < -0.4 is 5.32 Å². The van der Waals surface area contributed by atoms with Crippen LogP contribution in [-0.2, 0) is 9.47 Å². The minimum atomic E-state index is 0.151. The van der Waals surface area contributed by atoms with E-state index < -0.39 is 0 Å². The van der Waals surface area contributed by atoms with Crippen molar-refractivity contribution in [3.05, 3.63) is 0 Å². The number of nitrogens with zero attached hydrogens (tertiary/aromatic N) is 1. The summed E-state index contributed by atoms with van der Waals surface area (Å²) in [6.07, 6.45) is 1.24. The smallest absolute Gasteiger partial charge is 0.106 e. The number of rotatable bonds is 2. The summed E-state index contributed by atoms with van der Waals surface area (Å²) >= 11 is 0. The first-order valence-corrected chi connectivity index (χ1v) is 6.01. The number of hydrogen-bond donors (Lipinski definition) is 1. The Morgan fingerprint density at radius 2 is 2.27 bits per heavy atom. The normalized spacial score (nSPS) is 35.6. The van der Waals surface area contributed by atoms with Crippen LogP contribution in [0, 0.1) is 5.92 Å². The van der Waals surface area contributed by atoms with Crippen molar-refractivity contribution in [1.29, 1.82) is 0 Å². The SMILES string of the molecule is C1CC(CN2CCOC3(CNC3)C2)CO1. The van der Waals surface area contributed by atoms with Gasteiger partial charge in [-0.1, -0.05) is 0 Å². The summed E-state index contributed by atoms with van der Waals surface area (Å²) in [6.45, 7) is 8.29. The third-order valence-electron chi connectivity index (χ3n) is 3.76. The summed E-state index contributed by atoms with van der Waals surface area (Å²) in [7, 11) is 0. The van der Waals surface area contributed by atoms with Gasteiger partial charge in [-0.05, 0) is 12.3 Å². The van der Waals surface area contributed by atoms with Crippen molar-refractivity contribution in [1.82, 2.24) is 10.2 Å². The molecule has 1 spiro atoms. The van der Waals surface area contributed by atoms with Crippen molar-refractivity contribution in [2.45, 2.75) is 12.0 Å². The fourth-order valence-electron chi connectivity index (χ4n) is 2.79. The molecule has 3 aliphatic rings. The van der Waals surface area contributed by atoms with Crippen LogP contribution in [0.15, 0.2) is 0 Å². The highest BCUT2D eigenvalue weighted by Gasteiger charge is 2.42. The molecular formula is C11H20N2O2. The summed E-state index contributed by atoms with van der Waals surface area (Å²) in [6, 6.07) is 0. The van der Waals surface area contributed by atoms with E-state index in [9.17, 15) is 0 Å². The molecule has 3 aliphatic heterocycles. The number of morpholine rings is 1. The van der Waals surface area contributed by atoms with Crippen LogP contribution in [0.4, 0.5) is 0 Å². The highest BCUT2D eigenvalue weighted by Crippen LogP contribution is 2.24. The van der Waals surface area contributed by atoms with E-state index in [1.165, 1.54) is 13.0 Å². The van der Waals surface area contributed by atoms with Gasteiger partial charge in [0.05, 0.1) is 13.2 Å². The lowest BCUT2D eigenvalue weighted by Gasteiger charge is -2.49. The fourth-order valence-corrected chi connectivity index (χ4v) is 2.79. The number of ether oxygens (including phenoxy) is 2. The Kier molecular flexibility index (Phi) is 2.68. The lowest BCUT2D eigenvalue weighted by atomic mass is 9.94. The lowest BCUT2D eigenvalue weighted by Crippen LogP contribution is -2.69. The Bertz CT molecular complexity index is 225. The predicted molar refractivity (Wildman–Crippen MR) is 56.9 cm³/mol. The second-order valence-corrected chi connectivity index (χ2v) is 5.10. The Labute approximate surface area is 90.9 Å². The molecule has 86 valence electrons. The standard InChI is InChI=1S/C11H20N2O2/c1-3-14-6-10(1)5-13-2-4-15-11(9-13)7-12-8-11/h10,12H,1-9H2. The quantitative estimate of drug-likeness (QED) is 0.681. The summed E-state index contributed by atoms with van der Waals surface area (Å²) in [5.74, 6) is 0.758. The average Bonchev–Trinajstić information content (AvgIpc) is 2.69. The highest BCUT2D eigenvalue weighted by atomic mass is 16.5. The summed E-state index contributed by atoms with van der Waals surface area (Å²) in [4.78, 5) is 2.56. The Morgan fingerprint density at radius 3 is 2.93 bits per heavy atom. The Morgan fingerprint density at radius 1 is 1.33 bits per heavy atom. The molecule has 15 heavy (non-hydrogen) atoms. The number of hydrogen-bond acceptors (Lipinski definition) is 4. The minimum absolute atomic E-state index is 0.151. The molecule has 0 radical (unpaired) electrons. The molecule has 0 aromatic heterocycles. The molecule has 3 fully saturated rings. The van der Waals surface area contributed by atoms with E-state index in [0.717, 1.165) is 51.9 Å². The molecule has 1 N–H and O–H groups in total. The van der Waals surface area contributed by atoms with Crippen molar-refractivity contribution in [2.75, 3.05) is 52.5 Å². The summed E-state index contributed by atoms with van der Waals surface area (Å²) < 4.78 is 11.3. The Balaban J connectivity index is 1.52. The van der Waals surface area contributed by atoms with Crippen LogP contribution in [0.25, 0.3) is 0 Å². The molecule has 3 rings (SSSR count). The lowest BCUT2D eigenvalue weighted by molar-refractivity contribution is -0.137. The van der Waals surface area contributed by atoms with Crippen LogP contribution in [0.5, 0.6) is 0 Å². The van der Waals surface area contributed by atoms with Gasteiger partial charge in [-0.2, -0.15) is 0 Å². The van der Waals surface area contributed by atoms with Crippen LogP contribution in [0.2, 0.25) is 0 Å². The first-order chi connectivity index (χ1) is 7.36. The molecule has 3 saturated heterocycles. The maximum absolute atomic E-state index is 5.86. The van der Waals surface area contributed by atoms with Crippen LogP contribution >= 0.6 is 0 Å². The second-order valence-electron chi connectivity index (χ2n) is 5.10. The van der Waals surface area contributed by atoms with Gasteiger partial charge < -0.3 is 14.8 Å². The zero-order chi connectivity index (χ0) is 10.1. The molecule has 4 heteroatoms. The summed E-state index contributed by atoms with van der Waals surface area (Å²) in [5, 5.41) is 3.31. The zero-order valence-corrected chi connectivity index (χ0v) is 9.21. The molecule has 3 heterocycles. The van der Waals surface area contributed by atoms with Gasteiger partial charge in [-0.25, -0.2) is 0 Å². The van der Waals surface area contributed by atoms with Gasteiger partial charge in [0.2, 0.25) is 0 Å². The van der Waals surface area contributed by atoms with Crippen LogP contribution in [0.1, 0.15) is 6.42 Å². The molecule has 0 aromatic rings. The zero-order valence-electron chi connectivity index (χ0n) is 9.21. The van der Waals surface area contributed by atoms with E-state index >= 15 is 0 Å². The Hall–Kier alpha value is -0.160. The van der Waals surface area contributed by atoms with Crippen molar-refractivity contribution in [3.63, 3.8) is 0 Å². The maximum atomic E-state index is 5.86. The fraction of sp³-hybridized carbons (Fsp3) is 1.00. The van der Waals surface area contributed by atoms with Gasteiger partial charge in [-0.15, -0.1) is 0 Å². The molecule has 1 unspecified atom stereocenters. The van der Waals surface area contributed by atoms with Crippen molar-refractivity contribution in [2.24, 2.45) is 5.92 Å². The first kappa shape index (κ1) is 10.0. The topological polar surface area (TPSA) is 33.7 Å². The monoisotopic (exact) mass is 212 g/mol. The van der Waals surface area contributed by atoms with Crippen molar-refractivity contribution >= 4 is 0 Å². The van der Waals surface area contributed by atoms with E-state index in [4.69, 9.17) is 9.47 Å². The minimum Gasteiger partial charge on any atom is -0.381 e. The van der Waals surface area contributed by atoms with Gasteiger partial charge in [0.25, 0.3) is 0 Å². The molecule has 1 atom stereocenters. The van der Waals surface area contributed by atoms with Gasteiger partial charge >= 0.3 is 0 Å². The number of nitrogens with one attached hydrogen (secondary N) is 1. The second kappa shape index (κ2) is 4.01. The van der Waals surface area contributed by atoms with Gasteiger partial charge in [-0.3, -0.25) is 4.90 Å². The molecule has 0 bridgehead atoms. The largest absolute Gasteiger partial charge is 0.381 e. The third-order valence-corrected chi connectivity index (χ3v) is 3.76. The highest BCUT2D eigenvalue weighted by molar-refractivity contribution is 4.99. The van der Waals surface area contributed by atoms with E-state index in [0.29, 0.717) is 0 Å². The van der Waals surface area contributed by atoms with E-state index in [1.54, 1.807) is 0 Å². The maximum Gasteiger partial charge on any atom is 0.106 e. The molecule has 0 amide bonds. The van der Waals surface area contributed by atoms with Gasteiger partial charge in [0.1, 0.15) is 5.60 Å². The van der Waals surface area contributed by atoms with Gasteiger partial charge in [0.15, 0.2) is 0 Å². The predicted octanol–water partition coefficient (Wildman–Crippen LogP) is -0.303. The van der Waals surface area contributed by atoms with Crippen molar-refractivity contribution < 1.29 is 9.47 Å².